The van der Waals surface area contributed by atoms with Crippen molar-refractivity contribution in [1.29, 1.82) is 0 Å². The molecule has 2 N–H and O–H groups in total. The number of fused-ring (bicyclic) bond motifs is 1. The van der Waals surface area contributed by atoms with Crippen LogP contribution >= 0.6 is 0 Å². The predicted octanol–water partition coefficient (Wildman–Crippen LogP) is 5.26. The van der Waals surface area contributed by atoms with Gasteiger partial charge in [0.1, 0.15) is 11.5 Å². The minimum absolute atomic E-state index is 0.140. The Kier molecular flexibility index (Phi) is 7.00. The van der Waals surface area contributed by atoms with E-state index in [-0.39, 0.29) is 17.5 Å². The second kappa shape index (κ2) is 10.5. The number of carbonyl (C=O) groups is 2. The van der Waals surface area contributed by atoms with E-state index in [1.807, 2.05) is 31.2 Å². The van der Waals surface area contributed by atoms with Crippen molar-refractivity contribution in [1.82, 2.24) is 10.6 Å². The molecule has 0 aliphatic carbocycles. The van der Waals surface area contributed by atoms with Gasteiger partial charge >= 0.3 is 0 Å². The van der Waals surface area contributed by atoms with Gasteiger partial charge in [-0.05, 0) is 60.4 Å². The number of rotatable bonds is 8. The summed E-state index contributed by atoms with van der Waals surface area (Å²) in [7, 11) is 0. The minimum Gasteiger partial charge on any atom is -0.465 e. The number of hydrogen-bond acceptors (Lipinski definition) is 3. The number of nitrogens with one attached hydrogen (secondary N) is 2. The number of carbonyl (C=O) groups excluding carboxylic acids is 2. The monoisotopic (exact) mass is 438 g/mol. The van der Waals surface area contributed by atoms with E-state index in [1.54, 1.807) is 24.3 Å². The number of furan rings is 1. The van der Waals surface area contributed by atoms with Crippen LogP contribution in [0.3, 0.4) is 0 Å². The van der Waals surface area contributed by atoms with Crippen LogP contribution in [-0.4, -0.2) is 18.4 Å². The van der Waals surface area contributed by atoms with E-state index in [4.69, 9.17) is 4.42 Å². The van der Waals surface area contributed by atoms with E-state index in [1.165, 1.54) is 28.7 Å². The molecule has 3 aromatic carbocycles. The van der Waals surface area contributed by atoms with Gasteiger partial charge in [0.25, 0.3) is 11.8 Å². The van der Waals surface area contributed by atoms with Crippen LogP contribution in [0, 0.1) is 6.92 Å². The maximum atomic E-state index is 12.9. The maximum absolute atomic E-state index is 12.9. The molecule has 166 valence electrons. The lowest BCUT2D eigenvalue weighted by molar-refractivity contribution is -0.117. The Hall–Kier alpha value is -4.12. The summed E-state index contributed by atoms with van der Waals surface area (Å²) in [4.78, 5) is 25.6. The van der Waals surface area contributed by atoms with Crippen molar-refractivity contribution in [2.45, 2.75) is 19.8 Å². The van der Waals surface area contributed by atoms with E-state index in [9.17, 15) is 9.59 Å². The third-order valence-electron chi connectivity index (χ3n) is 5.39. The van der Waals surface area contributed by atoms with E-state index < -0.39 is 0 Å². The fraction of sp³-hybridized carbons (Fsp3) is 0.143. The third-order valence-corrected chi connectivity index (χ3v) is 5.39. The molecule has 1 heterocycles. The molecule has 0 fully saturated rings. The molecule has 0 saturated carbocycles. The highest BCUT2D eigenvalue weighted by Crippen LogP contribution is 2.19. The van der Waals surface area contributed by atoms with Gasteiger partial charge < -0.3 is 15.1 Å². The van der Waals surface area contributed by atoms with Gasteiger partial charge in [0.05, 0.1) is 6.26 Å². The summed E-state index contributed by atoms with van der Waals surface area (Å²) >= 11 is 0. The van der Waals surface area contributed by atoms with Crippen LogP contribution in [0.1, 0.15) is 33.7 Å². The lowest BCUT2D eigenvalue weighted by Gasteiger charge is -2.12. The first-order valence-corrected chi connectivity index (χ1v) is 11.0. The number of amides is 2. The van der Waals surface area contributed by atoms with Crippen molar-refractivity contribution in [3.63, 3.8) is 0 Å². The van der Waals surface area contributed by atoms with Gasteiger partial charge in [0, 0.05) is 18.2 Å². The Balaban J connectivity index is 1.40. The first-order chi connectivity index (χ1) is 16.1. The highest BCUT2D eigenvalue weighted by molar-refractivity contribution is 6.05. The zero-order valence-corrected chi connectivity index (χ0v) is 18.5. The smallest absolute Gasteiger partial charge is 0.267 e. The lowest BCUT2D eigenvalue weighted by atomic mass is 10.0. The van der Waals surface area contributed by atoms with Gasteiger partial charge in [0.2, 0.25) is 0 Å². The summed E-state index contributed by atoms with van der Waals surface area (Å²) in [6, 6.07) is 25.3. The summed E-state index contributed by atoms with van der Waals surface area (Å²) in [5.41, 5.74) is 2.85. The summed E-state index contributed by atoms with van der Waals surface area (Å²) < 4.78 is 5.34. The molecule has 4 rings (SSSR count). The van der Waals surface area contributed by atoms with Gasteiger partial charge in [-0.25, -0.2) is 0 Å². The van der Waals surface area contributed by atoms with E-state index in [0.717, 1.165) is 18.4 Å². The quantitative estimate of drug-likeness (QED) is 0.291. The van der Waals surface area contributed by atoms with Crippen LogP contribution in [-0.2, 0) is 11.2 Å². The fourth-order valence-electron chi connectivity index (χ4n) is 3.74. The van der Waals surface area contributed by atoms with Crippen LogP contribution in [0.4, 0.5) is 0 Å². The van der Waals surface area contributed by atoms with Crippen molar-refractivity contribution in [2.75, 3.05) is 6.54 Å². The summed E-state index contributed by atoms with van der Waals surface area (Å²) in [5, 5.41) is 8.09. The van der Waals surface area contributed by atoms with Crippen LogP contribution in [0.5, 0.6) is 0 Å². The van der Waals surface area contributed by atoms with Crippen molar-refractivity contribution in [3.8, 4) is 0 Å². The van der Waals surface area contributed by atoms with Gasteiger partial charge in [-0.2, -0.15) is 0 Å². The van der Waals surface area contributed by atoms with E-state index >= 15 is 0 Å². The van der Waals surface area contributed by atoms with Crippen molar-refractivity contribution in [2.24, 2.45) is 0 Å². The molecule has 0 aliphatic heterocycles. The Morgan fingerprint density at radius 3 is 2.58 bits per heavy atom. The lowest BCUT2D eigenvalue weighted by Crippen LogP contribution is -2.35. The predicted molar refractivity (Wildman–Crippen MR) is 131 cm³/mol. The molecule has 0 atom stereocenters. The topological polar surface area (TPSA) is 71.3 Å². The van der Waals surface area contributed by atoms with Crippen LogP contribution in [0.15, 0.2) is 95.2 Å². The molecule has 0 unspecified atom stereocenters. The first kappa shape index (κ1) is 22.1. The van der Waals surface area contributed by atoms with Gasteiger partial charge in [-0.3, -0.25) is 9.59 Å². The fourth-order valence-corrected chi connectivity index (χ4v) is 3.74. The van der Waals surface area contributed by atoms with Gasteiger partial charge in [-0.15, -0.1) is 0 Å². The average molecular weight is 439 g/mol. The molecule has 0 bridgehead atoms. The molecule has 1 aromatic heterocycles. The SMILES string of the molecule is Cc1cccc(C(=O)N/C(=C\c2ccco2)C(=O)NCCCc2cccc3ccccc23)c1. The second-order valence-electron chi connectivity index (χ2n) is 7.89. The average Bonchev–Trinajstić information content (AvgIpc) is 3.34. The summed E-state index contributed by atoms with van der Waals surface area (Å²) in [5.74, 6) is -0.215. The molecule has 0 aliphatic rings. The Bertz CT molecular complexity index is 1280. The number of aryl methyl sites for hydroxylation is 2. The van der Waals surface area contributed by atoms with Crippen molar-refractivity contribution in [3.05, 3.63) is 113 Å². The third kappa shape index (κ3) is 5.77. The Morgan fingerprint density at radius 1 is 0.939 bits per heavy atom. The molecule has 0 spiro atoms. The Labute approximate surface area is 193 Å². The highest BCUT2D eigenvalue weighted by Gasteiger charge is 2.15. The molecule has 4 aromatic rings. The largest absolute Gasteiger partial charge is 0.465 e. The molecular formula is C28H26N2O3. The van der Waals surface area contributed by atoms with Crippen molar-refractivity contribution < 1.29 is 14.0 Å². The summed E-state index contributed by atoms with van der Waals surface area (Å²) in [6.07, 6.45) is 4.68. The summed E-state index contributed by atoms with van der Waals surface area (Å²) in [6.45, 7) is 2.40. The zero-order chi connectivity index (χ0) is 23.0. The van der Waals surface area contributed by atoms with Crippen molar-refractivity contribution >= 4 is 28.7 Å². The first-order valence-electron chi connectivity index (χ1n) is 11.0. The van der Waals surface area contributed by atoms with E-state index in [0.29, 0.717) is 17.9 Å². The molecule has 2 amide bonds. The molecular weight excluding hydrogens is 412 g/mol. The second-order valence-corrected chi connectivity index (χ2v) is 7.89. The van der Waals surface area contributed by atoms with E-state index in [2.05, 4.69) is 41.0 Å². The Morgan fingerprint density at radius 2 is 1.76 bits per heavy atom. The van der Waals surface area contributed by atoms with Crippen LogP contribution in [0.25, 0.3) is 16.8 Å². The van der Waals surface area contributed by atoms with Gasteiger partial charge in [-0.1, -0.05) is 60.2 Å². The molecule has 0 radical (unpaired) electrons. The zero-order valence-electron chi connectivity index (χ0n) is 18.5. The molecule has 33 heavy (non-hydrogen) atoms. The van der Waals surface area contributed by atoms with Crippen LogP contribution in [0.2, 0.25) is 0 Å². The normalized spacial score (nSPS) is 11.4. The molecule has 0 saturated heterocycles. The molecule has 5 heteroatoms. The minimum atomic E-state index is -0.356. The van der Waals surface area contributed by atoms with Gasteiger partial charge in [0.15, 0.2) is 0 Å². The van der Waals surface area contributed by atoms with Crippen LogP contribution < -0.4 is 10.6 Å². The standard InChI is InChI=1S/C28H26N2O3/c1-20-8-4-12-23(18-20)27(31)30-26(19-24-14-7-17-33-24)28(32)29-16-6-13-22-11-5-10-21-9-2-3-15-25(21)22/h2-5,7-12,14-15,17-19H,6,13,16H2,1H3,(H,29,32)(H,30,31)/b26-19-. The highest BCUT2D eigenvalue weighted by atomic mass is 16.3. The number of benzene rings is 3. The maximum Gasteiger partial charge on any atom is 0.267 e. The number of hydrogen-bond donors (Lipinski definition) is 2. The molecule has 5 nitrogen and oxygen atoms in total.